The van der Waals surface area contributed by atoms with Crippen LogP contribution in [0.25, 0.3) is 0 Å². The maximum atomic E-state index is 12.7. The second-order valence-corrected chi connectivity index (χ2v) is 6.03. The Labute approximate surface area is 144 Å². The van der Waals surface area contributed by atoms with Crippen LogP contribution in [0.4, 0.5) is 0 Å². The van der Waals surface area contributed by atoms with Gasteiger partial charge in [-0.15, -0.1) is 12.4 Å². The highest BCUT2D eigenvalue weighted by molar-refractivity contribution is 5.97. The zero-order valence-electron chi connectivity index (χ0n) is 13.9. The molecule has 0 aliphatic carbocycles. The molecule has 1 aromatic rings. The van der Waals surface area contributed by atoms with Crippen LogP contribution in [-0.2, 0) is 4.74 Å². The van der Waals surface area contributed by atoms with Crippen LogP contribution >= 0.6 is 12.4 Å². The van der Waals surface area contributed by atoms with Crippen molar-refractivity contribution in [2.75, 3.05) is 39.5 Å². The average Bonchev–Trinajstić information content (AvgIpc) is 2.94. The number of halogens is 1. The van der Waals surface area contributed by atoms with E-state index in [2.05, 4.69) is 6.92 Å². The Kier molecular flexibility index (Phi) is 7.82. The molecule has 0 bridgehead atoms. The van der Waals surface area contributed by atoms with Gasteiger partial charge in [0.1, 0.15) is 12.4 Å². The molecule has 0 aromatic heterocycles. The number of nitrogens with two attached hydrogens (primary N) is 1. The van der Waals surface area contributed by atoms with Gasteiger partial charge in [-0.2, -0.15) is 0 Å². The van der Waals surface area contributed by atoms with Crippen LogP contribution in [-0.4, -0.2) is 50.3 Å². The van der Waals surface area contributed by atoms with Gasteiger partial charge in [0.25, 0.3) is 5.91 Å². The number of hydrogen-bond acceptors (Lipinski definition) is 4. The minimum absolute atomic E-state index is 0. The SMILES string of the molecule is CCOCCOc1ccccc1C(=O)N1CCC(C)(CN)C1.Cl. The zero-order valence-corrected chi connectivity index (χ0v) is 14.7. The molecule has 0 spiro atoms. The molecule has 1 saturated heterocycles. The van der Waals surface area contributed by atoms with Crippen LogP contribution in [0.5, 0.6) is 5.75 Å². The fraction of sp³-hybridized carbons (Fsp3) is 0.588. The van der Waals surface area contributed by atoms with Crippen molar-refractivity contribution in [3.05, 3.63) is 29.8 Å². The van der Waals surface area contributed by atoms with Gasteiger partial charge in [0.15, 0.2) is 0 Å². The lowest BCUT2D eigenvalue weighted by Crippen LogP contribution is -2.34. The average molecular weight is 343 g/mol. The molecule has 1 aliphatic heterocycles. The lowest BCUT2D eigenvalue weighted by Gasteiger charge is -2.23. The largest absolute Gasteiger partial charge is 0.490 e. The molecule has 1 fully saturated rings. The van der Waals surface area contributed by atoms with Crippen molar-refractivity contribution in [3.63, 3.8) is 0 Å². The Morgan fingerprint density at radius 1 is 1.35 bits per heavy atom. The fourth-order valence-corrected chi connectivity index (χ4v) is 2.66. The first kappa shape index (κ1) is 19.7. The predicted molar refractivity (Wildman–Crippen MR) is 93.4 cm³/mol. The Hall–Kier alpha value is -1.30. The molecule has 6 heteroatoms. The van der Waals surface area contributed by atoms with Crippen molar-refractivity contribution in [3.8, 4) is 5.75 Å². The van der Waals surface area contributed by atoms with Crippen LogP contribution in [0.15, 0.2) is 24.3 Å². The number of nitrogens with zero attached hydrogens (tertiary/aromatic N) is 1. The van der Waals surface area contributed by atoms with Crippen LogP contribution in [0.2, 0.25) is 0 Å². The quantitative estimate of drug-likeness (QED) is 0.772. The molecule has 1 aromatic carbocycles. The summed E-state index contributed by atoms with van der Waals surface area (Å²) >= 11 is 0. The molecule has 2 N–H and O–H groups in total. The summed E-state index contributed by atoms with van der Waals surface area (Å²) in [5, 5.41) is 0. The molecule has 1 unspecified atom stereocenters. The summed E-state index contributed by atoms with van der Waals surface area (Å²) in [6, 6.07) is 7.38. The Morgan fingerprint density at radius 2 is 2.09 bits per heavy atom. The number of carbonyl (C=O) groups excluding carboxylic acids is 1. The van der Waals surface area contributed by atoms with E-state index in [0.29, 0.717) is 44.2 Å². The molecule has 0 saturated carbocycles. The lowest BCUT2D eigenvalue weighted by atomic mass is 9.90. The van der Waals surface area contributed by atoms with Gasteiger partial charge in [-0.05, 0) is 37.4 Å². The number of hydrogen-bond donors (Lipinski definition) is 1. The first-order valence-electron chi connectivity index (χ1n) is 7.88. The summed E-state index contributed by atoms with van der Waals surface area (Å²) in [6.45, 7) is 7.75. The summed E-state index contributed by atoms with van der Waals surface area (Å²) in [6.07, 6.45) is 0.947. The molecule has 23 heavy (non-hydrogen) atoms. The van der Waals surface area contributed by atoms with Gasteiger partial charge >= 0.3 is 0 Å². The van der Waals surface area contributed by atoms with E-state index in [4.69, 9.17) is 15.2 Å². The summed E-state index contributed by atoms with van der Waals surface area (Å²) < 4.78 is 11.0. The van der Waals surface area contributed by atoms with Crippen LogP contribution in [0, 0.1) is 5.41 Å². The standard InChI is InChI=1S/C17H26N2O3.ClH/c1-3-21-10-11-22-15-7-5-4-6-14(15)16(20)19-9-8-17(2,12-18)13-19;/h4-7H,3,8-13,18H2,1-2H3;1H. The highest BCUT2D eigenvalue weighted by Gasteiger charge is 2.35. The maximum absolute atomic E-state index is 12.7. The molecule has 2 rings (SSSR count). The fourth-order valence-electron chi connectivity index (χ4n) is 2.66. The molecule has 130 valence electrons. The number of para-hydroxylation sites is 1. The summed E-state index contributed by atoms with van der Waals surface area (Å²) in [5.41, 5.74) is 6.46. The molecule has 1 amide bonds. The topological polar surface area (TPSA) is 64.8 Å². The van der Waals surface area contributed by atoms with Gasteiger partial charge in [0.2, 0.25) is 0 Å². The number of ether oxygens (including phenoxy) is 2. The number of rotatable bonds is 7. The van der Waals surface area contributed by atoms with Crippen molar-refractivity contribution < 1.29 is 14.3 Å². The third-order valence-electron chi connectivity index (χ3n) is 4.14. The van der Waals surface area contributed by atoms with Gasteiger partial charge < -0.3 is 20.1 Å². The first-order chi connectivity index (χ1) is 10.6. The maximum Gasteiger partial charge on any atom is 0.257 e. The minimum atomic E-state index is 0. The summed E-state index contributed by atoms with van der Waals surface area (Å²) in [7, 11) is 0. The molecular formula is C17H27ClN2O3. The minimum Gasteiger partial charge on any atom is -0.490 e. The molecule has 1 aliphatic rings. The smallest absolute Gasteiger partial charge is 0.257 e. The highest BCUT2D eigenvalue weighted by atomic mass is 35.5. The second kappa shape index (κ2) is 9.11. The van der Waals surface area contributed by atoms with E-state index in [0.717, 1.165) is 13.0 Å². The molecular weight excluding hydrogens is 316 g/mol. The van der Waals surface area contributed by atoms with E-state index in [1.165, 1.54) is 0 Å². The zero-order chi connectivity index (χ0) is 16.0. The van der Waals surface area contributed by atoms with Crippen LogP contribution in [0.3, 0.4) is 0 Å². The Balaban J connectivity index is 0.00000264. The third kappa shape index (κ3) is 5.09. The Bertz CT molecular complexity index is 512. The van der Waals surface area contributed by atoms with E-state index >= 15 is 0 Å². The van der Waals surface area contributed by atoms with Gasteiger partial charge in [0.05, 0.1) is 12.2 Å². The second-order valence-electron chi connectivity index (χ2n) is 6.03. The molecule has 1 atom stereocenters. The van der Waals surface area contributed by atoms with Crippen molar-refractivity contribution in [2.45, 2.75) is 20.3 Å². The van der Waals surface area contributed by atoms with Gasteiger partial charge in [-0.3, -0.25) is 4.79 Å². The molecule has 5 nitrogen and oxygen atoms in total. The number of amides is 1. The van der Waals surface area contributed by atoms with E-state index in [1.54, 1.807) is 0 Å². The van der Waals surface area contributed by atoms with Crippen molar-refractivity contribution in [1.82, 2.24) is 4.90 Å². The predicted octanol–water partition coefficient (Wildman–Crippen LogP) is 2.33. The highest BCUT2D eigenvalue weighted by Crippen LogP contribution is 2.31. The van der Waals surface area contributed by atoms with Crippen LogP contribution < -0.4 is 10.5 Å². The Morgan fingerprint density at radius 3 is 2.74 bits per heavy atom. The monoisotopic (exact) mass is 342 g/mol. The van der Waals surface area contributed by atoms with Gasteiger partial charge in [-0.25, -0.2) is 0 Å². The van der Waals surface area contributed by atoms with Gasteiger partial charge in [0, 0.05) is 19.7 Å². The molecule has 1 heterocycles. The van der Waals surface area contributed by atoms with Crippen LogP contribution in [0.1, 0.15) is 30.6 Å². The van der Waals surface area contributed by atoms with Crippen molar-refractivity contribution in [1.29, 1.82) is 0 Å². The normalized spacial score (nSPS) is 20.2. The molecule has 0 radical (unpaired) electrons. The summed E-state index contributed by atoms with van der Waals surface area (Å²) in [5.74, 6) is 0.637. The first-order valence-corrected chi connectivity index (χ1v) is 7.88. The summed E-state index contributed by atoms with van der Waals surface area (Å²) in [4.78, 5) is 14.6. The van der Waals surface area contributed by atoms with E-state index < -0.39 is 0 Å². The van der Waals surface area contributed by atoms with Gasteiger partial charge in [-0.1, -0.05) is 19.1 Å². The van der Waals surface area contributed by atoms with Crippen molar-refractivity contribution in [2.24, 2.45) is 11.1 Å². The van der Waals surface area contributed by atoms with Crippen molar-refractivity contribution >= 4 is 18.3 Å². The number of likely N-dealkylation sites (tertiary alicyclic amines) is 1. The third-order valence-corrected chi connectivity index (χ3v) is 4.14. The number of carbonyl (C=O) groups is 1. The number of benzene rings is 1. The lowest BCUT2D eigenvalue weighted by molar-refractivity contribution is 0.0766. The van der Waals surface area contributed by atoms with E-state index in [1.807, 2.05) is 36.1 Å². The van der Waals surface area contributed by atoms with E-state index in [9.17, 15) is 4.79 Å². The van der Waals surface area contributed by atoms with E-state index in [-0.39, 0.29) is 23.7 Å².